The van der Waals surface area contributed by atoms with Gasteiger partial charge in [0.05, 0.1) is 36.5 Å². The number of nitrogens with zero attached hydrogens (tertiary/aromatic N) is 5. The third kappa shape index (κ3) is 5.89. The molecule has 2 amide bonds. The van der Waals surface area contributed by atoms with Gasteiger partial charge in [-0.25, -0.2) is 14.5 Å². The van der Waals surface area contributed by atoms with Gasteiger partial charge in [0.15, 0.2) is 6.29 Å². The lowest BCUT2D eigenvalue weighted by atomic mass is 9.92. The number of amides is 2. The van der Waals surface area contributed by atoms with Crippen LogP contribution in [0.4, 0.5) is 22.1 Å². The van der Waals surface area contributed by atoms with Crippen molar-refractivity contribution in [2.75, 3.05) is 41.8 Å². The maximum absolute atomic E-state index is 13.4. The summed E-state index contributed by atoms with van der Waals surface area (Å²) in [6, 6.07) is 18.7. The fourth-order valence-electron chi connectivity index (χ4n) is 5.28. The standard InChI is InChI=1S/C34H35N7O3/c1-22-9-10-24(19-35-22)41-32(18-30(39-41)34(2,3)4)38-33(43)37-29-12-11-26(25-7-5-6-8-27(25)29)28-20-36-31(17-23(28)21-42)40-13-15-44-16-14-40/h5-12,17-21H,13-16H2,1-4H3,(H2,37,38,43). The molecule has 3 aromatic heterocycles. The molecule has 0 aliphatic carbocycles. The molecule has 10 heteroatoms. The number of hydrogen-bond acceptors (Lipinski definition) is 7. The van der Waals surface area contributed by atoms with Gasteiger partial charge in [-0.15, -0.1) is 0 Å². The van der Waals surface area contributed by atoms with E-state index in [-0.39, 0.29) is 5.41 Å². The van der Waals surface area contributed by atoms with Gasteiger partial charge in [0, 0.05) is 53.0 Å². The van der Waals surface area contributed by atoms with Crippen LogP contribution in [0.1, 0.15) is 42.5 Å². The van der Waals surface area contributed by atoms with Gasteiger partial charge in [-0.3, -0.25) is 15.1 Å². The molecule has 6 rings (SSSR count). The number of carbonyl (C=O) groups excluding carboxylic acids is 2. The first kappa shape index (κ1) is 29.0. The normalized spacial score (nSPS) is 13.6. The number of rotatable bonds is 6. The molecular weight excluding hydrogens is 554 g/mol. The van der Waals surface area contributed by atoms with Crippen LogP contribution in [0.2, 0.25) is 0 Å². The van der Waals surface area contributed by atoms with Gasteiger partial charge < -0.3 is 15.0 Å². The number of aryl methyl sites for hydroxylation is 1. The number of anilines is 3. The second-order valence-electron chi connectivity index (χ2n) is 11.9. The highest BCUT2D eigenvalue weighted by molar-refractivity contribution is 6.10. The summed E-state index contributed by atoms with van der Waals surface area (Å²) >= 11 is 0. The van der Waals surface area contributed by atoms with Crippen molar-refractivity contribution in [2.24, 2.45) is 0 Å². The van der Waals surface area contributed by atoms with Gasteiger partial charge in [-0.2, -0.15) is 5.10 Å². The van der Waals surface area contributed by atoms with Crippen LogP contribution in [0, 0.1) is 6.92 Å². The fraction of sp³-hybridized carbons (Fsp3) is 0.265. The number of ether oxygens (including phenoxy) is 1. The Morgan fingerprint density at radius 1 is 0.909 bits per heavy atom. The summed E-state index contributed by atoms with van der Waals surface area (Å²) in [4.78, 5) is 36.8. The van der Waals surface area contributed by atoms with Gasteiger partial charge in [-0.1, -0.05) is 51.1 Å². The van der Waals surface area contributed by atoms with Crippen molar-refractivity contribution in [3.63, 3.8) is 0 Å². The van der Waals surface area contributed by atoms with Crippen LogP contribution in [0.15, 0.2) is 73.1 Å². The molecule has 44 heavy (non-hydrogen) atoms. The van der Waals surface area contributed by atoms with E-state index in [9.17, 15) is 9.59 Å². The monoisotopic (exact) mass is 589 g/mol. The Kier molecular flexibility index (Phi) is 7.84. The third-order valence-corrected chi connectivity index (χ3v) is 7.71. The lowest BCUT2D eigenvalue weighted by Gasteiger charge is -2.28. The number of fused-ring (bicyclic) bond motifs is 1. The summed E-state index contributed by atoms with van der Waals surface area (Å²) in [6.45, 7) is 10.9. The Hall–Kier alpha value is -5.09. The highest BCUT2D eigenvalue weighted by atomic mass is 16.5. The van der Waals surface area contributed by atoms with Crippen LogP contribution in [-0.4, -0.2) is 58.4 Å². The molecule has 2 aromatic carbocycles. The van der Waals surface area contributed by atoms with Crippen molar-refractivity contribution in [3.05, 3.63) is 90.0 Å². The predicted molar refractivity (Wildman–Crippen MR) is 173 cm³/mol. The van der Waals surface area contributed by atoms with E-state index in [0.717, 1.165) is 64.2 Å². The number of pyridine rings is 2. The Balaban J connectivity index is 1.30. The molecule has 1 saturated heterocycles. The van der Waals surface area contributed by atoms with Crippen molar-refractivity contribution < 1.29 is 14.3 Å². The SMILES string of the molecule is Cc1ccc(-n2nc(C(C)(C)C)cc2NC(=O)Nc2ccc(-c3cnc(N4CCOCC4)cc3C=O)c3ccccc23)cn1. The Bertz CT molecular complexity index is 1830. The zero-order chi connectivity index (χ0) is 30.8. The summed E-state index contributed by atoms with van der Waals surface area (Å²) in [6.07, 6.45) is 4.36. The number of carbonyl (C=O) groups is 2. The number of aromatic nitrogens is 4. The van der Waals surface area contributed by atoms with Gasteiger partial charge in [-0.05, 0) is 42.1 Å². The first-order chi connectivity index (χ1) is 21.2. The van der Waals surface area contributed by atoms with Crippen LogP contribution in [0.3, 0.4) is 0 Å². The zero-order valence-electron chi connectivity index (χ0n) is 25.3. The van der Waals surface area contributed by atoms with E-state index in [1.807, 2.05) is 67.6 Å². The molecule has 1 aliphatic rings. The Labute approximate surface area is 256 Å². The van der Waals surface area contributed by atoms with Crippen molar-refractivity contribution in [1.29, 1.82) is 0 Å². The molecule has 0 saturated carbocycles. The summed E-state index contributed by atoms with van der Waals surface area (Å²) < 4.78 is 7.15. The van der Waals surface area contributed by atoms with Crippen molar-refractivity contribution >= 4 is 40.4 Å². The number of benzene rings is 2. The van der Waals surface area contributed by atoms with Crippen molar-refractivity contribution in [3.8, 4) is 16.8 Å². The highest BCUT2D eigenvalue weighted by Crippen LogP contribution is 2.35. The van der Waals surface area contributed by atoms with E-state index < -0.39 is 6.03 Å². The predicted octanol–water partition coefficient (Wildman–Crippen LogP) is 6.38. The van der Waals surface area contributed by atoms with E-state index in [0.29, 0.717) is 30.3 Å². The molecule has 2 N–H and O–H groups in total. The Morgan fingerprint density at radius 2 is 1.68 bits per heavy atom. The topological polar surface area (TPSA) is 114 Å². The van der Waals surface area contributed by atoms with E-state index in [1.54, 1.807) is 17.1 Å². The van der Waals surface area contributed by atoms with Gasteiger partial charge in [0.2, 0.25) is 0 Å². The van der Waals surface area contributed by atoms with Crippen LogP contribution < -0.4 is 15.5 Å². The van der Waals surface area contributed by atoms with Gasteiger partial charge >= 0.3 is 6.03 Å². The average molecular weight is 590 g/mol. The molecular formula is C34H35N7O3. The minimum Gasteiger partial charge on any atom is -0.378 e. The molecule has 0 atom stereocenters. The summed E-state index contributed by atoms with van der Waals surface area (Å²) in [5.74, 6) is 1.29. The van der Waals surface area contributed by atoms with E-state index in [4.69, 9.17) is 9.84 Å². The van der Waals surface area contributed by atoms with Crippen LogP contribution >= 0.6 is 0 Å². The maximum Gasteiger partial charge on any atom is 0.324 e. The number of aldehydes is 1. The second kappa shape index (κ2) is 11.9. The maximum atomic E-state index is 13.4. The molecule has 1 fully saturated rings. The minimum absolute atomic E-state index is 0.224. The number of morpholine rings is 1. The van der Waals surface area contributed by atoms with Crippen LogP contribution in [-0.2, 0) is 10.2 Å². The highest BCUT2D eigenvalue weighted by Gasteiger charge is 2.22. The van der Waals surface area contributed by atoms with Crippen LogP contribution in [0.25, 0.3) is 27.6 Å². The zero-order valence-corrected chi connectivity index (χ0v) is 25.3. The van der Waals surface area contributed by atoms with E-state index >= 15 is 0 Å². The largest absolute Gasteiger partial charge is 0.378 e. The minimum atomic E-state index is -0.408. The first-order valence-corrected chi connectivity index (χ1v) is 14.6. The average Bonchev–Trinajstić information content (AvgIpc) is 3.46. The summed E-state index contributed by atoms with van der Waals surface area (Å²) in [5, 5.41) is 12.5. The molecule has 1 aliphatic heterocycles. The lowest BCUT2D eigenvalue weighted by Crippen LogP contribution is -2.36. The molecule has 4 heterocycles. The number of nitrogens with one attached hydrogen (secondary N) is 2. The molecule has 224 valence electrons. The summed E-state index contributed by atoms with van der Waals surface area (Å²) in [7, 11) is 0. The van der Waals surface area contributed by atoms with E-state index in [2.05, 4.69) is 46.3 Å². The third-order valence-electron chi connectivity index (χ3n) is 7.71. The number of urea groups is 1. The van der Waals surface area contributed by atoms with Crippen LogP contribution in [0.5, 0.6) is 0 Å². The van der Waals surface area contributed by atoms with Crippen molar-refractivity contribution in [2.45, 2.75) is 33.1 Å². The molecule has 5 aromatic rings. The van der Waals surface area contributed by atoms with E-state index in [1.165, 1.54) is 0 Å². The molecule has 0 unspecified atom stereocenters. The van der Waals surface area contributed by atoms with Gasteiger partial charge in [0.1, 0.15) is 11.6 Å². The quantitative estimate of drug-likeness (QED) is 0.221. The molecule has 10 nitrogen and oxygen atoms in total. The van der Waals surface area contributed by atoms with Gasteiger partial charge in [0.25, 0.3) is 0 Å². The molecule has 0 spiro atoms. The fourth-order valence-corrected chi connectivity index (χ4v) is 5.28. The van der Waals surface area contributed by atoms with Crippen molar-refractivity contribution in [1.82, 2.24) is 19.7 Å². The first-order valence-electron chi connectivity index (χ1n) is 14.6. The molecule has 0 radical (unpaired) electrons. The smallest absolute Gasteiger partial charge is 0.324 e. The lowest BCUT2D eigenvalue weighted by molar-refractivity contribution is 0.112. The summed E-state index contributed by atoms with van der Waals surface area (Å²) in [5.41, 5.74) is 5.02. The Morgan fingerprint density at radius 3 is 2.39 bits per heavy atom. The number of hydrogen-bond donors (Lipinski definition) is 2. The second-order valence-corrected chi connectivity index (χ2v) is 11.9. The molecule has 0 bridgehead atoms.